The predicted molar refractivity (Wildman–Crippen MR) is 156 cm³/mol. The van der Waals surface area contributed by atoms with Crippen LogP contribution in [0.25, 0.3) is 0 Å². The van der Waals surface area contributed by atoms with Crippen molar-refractivity contribution in [3.8, 4) is 0 Å². The van der Waals surface area contributed by atoms with Gasteiger partial charge in [0.1, 0.15) is 24.4 Å². The molecule has 40 heavy (non-hydrogen) atoms. The van der Waals surface area contributed by atoms with Gasteiger partial charge in [0.25, 0.3) is 0 Å². The van der Waals surface area contributed by atoms with E-state index < -0.39 is 29.1 Å². The zero-order valence-electron chi connectivity index (χ0n) is 25.6. The van der Waals surface area contributed by atoms with Crippen molar-refractivity contribution in [1.82, 2.24) is 0 Å². The maximum Gasteiger partial charge on any atom is 0.306 e. The Morgan fingerprint density at radius 1 is 0.975 bits per heavy atom. The van der Waals surface area contributed by atoms with Crippen molar-refractivity contribution in [3.63, 3.8) is 0 Å². The Bertz CT molecular complexity index is 996. The van der Waals surface area contributed by atoms with Gasteiger partial charge in [0.05, 0.1) is 5.41 Å². The lowest BCUT2D eigenvalue weighted by molar-refractivity contribution is -0.190. The molecule has 0 aromatic carbocycles. The van der Waals surface area contributed by atoms with E-state index in [0.29, 0.717) is 23.5 Å². The Morgan fingerprint density at radius 3 is 2.15 bits per heavy atom. The molecular formula is C34H54O6. The van der Waals surface area contributed by atoms with Crippen LogP contribution in [-0.2, 0) is 14.3 Å². The first-order valence-corrected chi connectivity index (χ1v) is 16.1. The number of allylic oxidation sites excluding steroid dienone is 1. The monoisotopic (exact) mass is 558 g/mol. The summed E-state index contributed by atoms with van der Waals surface area (Å²) in [5, 5.41) is 34.9. The van der Waals surface area contributed by atoms with E-state index in [1.807, 2.05) is 6.92 Å². The van der Waals surface area contributed by atoms with Crippen molar-refractivity contribution in [2.75, 3.05) is 6.61 Å². The van der Waals surface area contributed by atoms with Crippen LogP contribution >= 0.6 is 0 Å². The third-order valence-corrected chi connectivity index (χ3v) is 11.1. The molecule has 0 heterocycles. The van der Waals surface area contributed by atoms with Gasteiger partial charge in [-0.25, -0.2) is 0 Å². The molecule has 0 radical (unpaired) electrons. The van der Waals surface area contributed by atoms with Gasteiger partial charge in [-0.15, -0.1) is 0 Å². The third-order valence-electron chi connectivity index (χ3n) is 11.1. The summed E-state index contributed by atoms with van der Waals surface area (Å²) in [6.07, 6.45) is 14.9. The van der Waals surface area contributed by atoms with Gasteiger partial charge in [-0.3, -0.25) is 9.59 Å². The quantitative estimate of drug-likeness (QED) is 0.136. The van der Waals surface area contributed by atoms with E-state index in [-0.39, 0.29) is 35.6 Å². The Morgan fingerprint density at radius 2 is 1.55 bits per heavy atom. The average Bonchev–Trinajstić information content (AvgIpc) is 3.42. The van der Waals surface area contributed by atoms with Crippen molar-refractivity contribution in [2.24, 2.45) is 34.5 Å². The highest BCUT2D eigenvalue weighted by molar-refractivity contribution is 5.95. The second kappa shape index (κ2) is 12.4. The second-order valence-electron chi connectivity index (χ2n) is 14.1. The van der Waals surface area contributed by atoms with Crippen LogP contribution in [0.5, 0.6) is 0 Å². The van der Waals surface area contributed by atoms with Crippen LogP contribution in [0, 0.1) is 34.5 Å². The van der Waals surface area contributed by atoms with Gasteiger partial charge in [-0.05, 0) is 54.1 Å². The minimum absolute atomic E-state index is 0.0209. The van der Waals surface area contributed by atoms with E-state index >= 15 is 0 Å². The van der Waals surface area contributed by atoms with Crippen molar-refractivity contribution >= 4 is 11.8 Å². The number of fused-ring (bicyclic) bond motifs is 3. The summed E-state index contributed by atoms with van der Waals surface area (Å²) in [5.74, 6) is -0.781. The summed E-state index contributed by atoms with van der Waals surface area (Å²) in [6.45, 7) is 10.1. The number of unbranched alkanes of at least 4 members (excludes halogenated alkanes) is 10. The van der Waals surface area contributed by atoms with Crippen molar-refractivity contribution in [3.05, 3.63) is 23.3 Å². The predicted octanol–water partition coefficient (Wildman–Crippen LogP) is 6.07. The second-order valence-corrected chi connectivity index (χ2v) is 14.1. The molecule has 2 saturated carbocycles. The third kappa shape index (κ3) is 5.38. The Kier molecular flexibility index (Phi) is 9.74. The van der Waals surface area contributed by atoms with Gasteiger partial charge in [-0.1, -0.05) is 104 Å². The van der Waals surface area contributed by atoms with Gasteiger partial charge in [0, 0.05) is 12.3 Å². The summed E-state index contributed by atoms with van der Waals surface area (Å²) in [5.41, 5.74) is -2.65. The molecule has 2 fully saturated rings. The number of ether oxygens (including phenoxy) is 1. The fourth-order valence-electron chi connectivity index (χ4n) is 8.59. The fraction of sp³-hybridized carbons (Fsp3) is 0.824. The molecule has 0 saturated heterocycles. The van der Waals surface area contributed by atoms with Crippen LogP contribution in [0.1, 0.15) is 118 Å². The number of aliphatic hydroxyl groups excluding tert-OH is 2. The maximum absolute atomic E-state index is 14.3. The molecule has 4 aliphatic carbocycles. The van der Waals surface area contributed by atoms with E-state index in [1.165, 1.54) is 51.4 Å². The first-order valence-electron chi connectivity index (χ1n) is 16.1. The number of rotatable bonds is 14. The number of carbonyl (C=O) groups excluding carboxylic acids is 2. The van der Waals surface area contributed by atoms with Crippen LogP contribution in [0.3, 0.4) is 0 Å². The molecule has 2 bridgehead atoms. The van der Waals surface area contributed by atoms with Crippen LogP contribution in [0.2, 0.25) is 0 Å². The van der Waals surface area contributed by atoms with Crippen molar-refractivity contribution in [1.29, 1.82) is 0 Å². The Balaban J connectivity index is 1.35. The number of carbonyl (C=O) groups is 2. The maximum atomic E-state index is 14.3. The van der Waals surface area contributed by atoms with Crippen LogP contribution in [0.4, 0.5) is 0 Å². The zero-order valence-corrected chi connectivity index (χ0v) is 25.6. The first-order chi connectivity index (χ1) is 18.9. The molecule has 6 nitrogen and oxygen atoms in total. The van der Waals surface area contributed by atoms with E-state index in [0.717, 1.165) is 25.7 Å². The molecule has 0 aliphatic heterocycles. The molecular weight excluding hydrogens is 504 g/mol. The lowest BCUT2D eigenvalue weighted by Crippen LogP contribution is -2.65. The summed E-state index contributed by atoms with van der Waals surface area (Å²) in [6, 6.07) is 0. The van der Waals surface area contributed by atoms with Crippen molar-refractivity contribution < 1.29 is 29.6 Å². The van der Waals surface area contributed by atoms with Gasteiger partial charge in [0.2, 0.25) is 0 Å². The number of aliphatic hydroxyl groups is 3. The first kappa shape index (κ1) is 31.4. The number of esters is 1. The molecule has 0 aromatic rings. The molecule has 4 rings (SSSR count). The van der Waals surface area contributed by atoms with Gasteiger partial charge in [-0.2, -0.15) is 0 Å². The molecule has 8 atom stereocenters. The molecule has 0 aromatic heterocycles. The largest absolute Gasteiger partial charge is 0.461 e. The minimum Gasteiger partial charge on any atom is -0.461 e. The van der Waals surface area contributed by atoms with Crippen LogP contribution in [0.15, 0.2) is 23.3 Å². The van der Waals surface area contributed by atoms with Gasteiger partial charge < -0.3 is 20.1 Å². The van der Waals surface area contributed by atoms with E-state index in [2.05, 4.69) is 20.8 Å². The summed E-state index contributed by atoms with van der Waals surface area (Å²) >= 11 is 0. The highest BCUT2D eigenvalue weighted by atomic mass is 16.5. The summed E-state index contributed by atoms with van der Waals surface area (Å²) < 4.78 is 5.61. The minimum atomic E-state index is -2.09. The van der Waals surface area contributed by atoms with Crippen LogP contribution in [-0.4, -0.2) is 51.5 Å². The molecule has 6 heteroatoms. The smallest absolute Gasteiger partial charge is 0.306 e. The van der Waals surface area contributed by atoms with E-state index in [1.54, 1.807) is 19.1 Å². The Labute approximate surface area is 241 Å². The SMILES string of the molecule is CCCCCCCCCCCCCC(=O)OCC1=CC2C(=O)[C@]3(C=C(C)[C@H](O)[C@@]3(O)[C@@H]1O)[C@H](C)C[C@@H]1[C@H]2C1(C)C. The van der Waals surface area contributed by atoms with Crippen LogP contribution < -0.4 is 0 Å². The molecule has 0 amide bonds. The lowest BCUT2D eigenvalue weighted by atomic mass is 9.59. The number of ketones is 1. The van der Waals surface area contributed by atoms with Gasteiger partial charge in [0.15, 0.2) is 5.78 Å². The number of hydrogen-bond donors (Lipinski definition) is 3. The fourth-order valence-corrected chi connectivity index (χ4v) is 8.59. The lowest BCUT2D eigenvalue weighted by Gasteiger charge is -2.48. The van der Waals surface area contributed by atoms with E-state index in [4.69, 9.17) is 4.74 Å². The molecule has 3 N–H and O–H groups in total. The molecule has 1 unspecified atom stereocenters. The zero-order chi connectivity index (χ0) is 29.3. The summed E-state index contributed by atoms with van der Waals surface area (Å²) in [4.78, 5) is 26.9. The molecule has 226 valence electrons. The highest BCUT2D eigenvalue weighted by Crippen LogP contribution is 2.71. The molecule has 4 aliphatic rings. The van der Waals surface area contributed by atoms with E-state index in [9.17, 15) is 24.9 Å². The highest BCUT2D eigenvalue weighted by Gasteiger charge is 2.75. The standard InChI is InChI=1S/C34H54O6/c1-6-7-8-9-10-11-12-13-14-15-16-17-27(35)40-21-24-19-25-28-26(32(28,4)5)18-23(3)33(31(25)38)20-22(2)29(36)34(33,39)30(24)37/h19-20,23,25-26,28-30,36-37,39H,6-18,21H2,1-5H3/t23-,25?,26-,28+,29+,30-,33+,34-/m1/s1. The summed E-state index contributed by atoms with van der Waals surface area (Å²) in [7, 11) is 0. The average molecular weight is 559 g/mol. The topological polar surface area (TPSA) is 104 Å². The van der Waals surface area contributed by atoms with Gasteiger partial charge >= 0.3 is 5.97 Å². The normalized spacial score (nSPS) is 37.5. The Hall–Kier alpha value is -1.50. The molecule has 1 spiro atoms. The number of Topliss-reactive ketones (excluding diaryl/α,β-unsaturated/α-hetero) is 1. The number of hydrogen-bond acceptors (Lipinski definition) is 6. The van der Waals surface area contributed by atoms with Crippen molar-refractivity contribution in [2.45, 2.75) is 136 Å².